The first kappa shape index (κ1) is 21.9. The maximum atomic E-state index is 6.35. The van der Waals surface area contributed by atoms with Crippen molar-refractivity contribution in [2.75, 3.05) is 0 Å². The molecule has 39 heavy (non-hydrogen) atoms. The number of nitrogens with zero attached hydrogens (tertiary/aromatic N) is 3. The molecule has 2 aromatic heterocycles. The largest absolute Gasteiger partial charge is 0.456 e. The van der Waals surface area contributed by atoms with Crippen LogP contribution in [0.15, 0.2) is 126 Å². The van der Waals surface area contributed by atoms with Gasteiger partial charge < -0.3 is 4.42 Å². The average molecular weight is 502 g/mol. The fraction of sp³-hybridized carbons (Fsp3) is 0.0571. The number of benzene rings is 5. The second-order valence-electron chi connectivity index (χ2n) is 10.0. The zero-order valence-corrected chi connectivity index (χ0v) is 21.1. The summed E-state index contributed by atoms with van der Waals surface area (Å²) in [5.74, 6) is 2.22. The lowest BCUT2D eigenvalue weighted by atomic mass is 9.99. The highest BCUT2D eigenvalue weighted by atomic mass is 16.3. The molecule has 0 aliphatic heterocycles. The Balaban J connectivity index is 1.32. The summed E-state index contributed by atoms with van der Waals surface area (Å²) < 4.78 is 6.35. The van der Waals surface area contributed by atoms with Crippen LogP contribution in [0.25, 0.3) is 66.3 Å². The summed E-state index contributed by atoms with van der Waals surface area (Å²) in [7, 11) is 0. The monoisotopic (exact) mass is 501 g/mol. The van der Waals surface area contributed by atoms with Gasteiger partial charge in [-0.1, -0.05) is 97.1 Å². The van der Waals surface area contributed by atoms with Crippen LogP contribution in [0.3, 0.4) is 0 Å². The highest BCUT2D eigenvalue weighted by Gasteiger charge is 2.19. The van der Waals surface area contributed by atoms with Crippen LogP contribution in [0.4, 0.5) is 0 Å². The summed E-state index contributed by atoms with van der Waals surface area (Å²) in [6, 6.07) is 33.6. The molecule has 1 unspecified atom stereocenters. The average Bonchev–Trinajstić information content (AvgIpc) is 3.36. The normalized spacial score (nSPS) is 15.1. The first-order valence-corrected chi connectivity index (χ1v) is 13.2. The van der Waals surface area contributed by atoms with Crippen LogP contribution in [0.1, 0.15) is 18.2 Å². The summed E-state index contributed by atoms with van der Waals surface area (Å²) in [5, 5.41) is 6.86. The Morgan fingerprint density at radius 3 is 2.23 bits per heavy atom. The van der Waals surface area contributed by atoms with Crippen LogP contribution in [-0.4, -0.2) is 15.0 Å². The molecule has 0 spiro atoms. The fourth-order valence-corrected chi connectivity index (χ4v) is 5.60. The quantitative estimate of drug-likeness (QED) is 0.242. The number of rotatable bonds is 3. The molecule has 0 N–H and O–H groups in total. The number of aromatic nitrogens is 3. The highest BCUT2D eigenvalue weighted by Crippen LogP contribution is 2.35. The molecule has 0 bridgehead atoms. The van der Waals surface area contributed by atoms with Gasteiger partial charge in [-0.2, -0.15) is 0 Å². The van der Waals surface area contributed by atoms with Crippen molar-refractivity contribution in [2.45, 2.75) is 12.3 Å². The van der Waals surface area contributed by atoms with Gasteiger partial charge in [0.25, 0.3) is 0 Å². The zero-order valence-electron chi connectivity index (χ0n) is 21.1. The molecular weight excluding hydrogens is 478 g/mol. The van der Waals surface area contributed by atoms with Gasteiger partial charge in [0, 0.05) is 27.8 Å². The Morgan fingerprint density at radius 2 is 1.36 bits per heavy atom. The summed E-state index contributed by atoms with van der Waals surface area (Å²) in [6.45, 7) is 0. The molecule has 0 saturated heterocycles. The van der Waals surface area contributed by atoms with Crippen LogP contribution in [0.2, 0.25) is 0 Å². The van der Waals surface area contributed by atoms with Crippen LogP contribution in [0, 0.1) is 0 Å². The third kappa shape index (κ3) is 3.72. The lowest BCUT2D eigenvalue weighted by Gasteiger charge is -2.15. The number of fused-ring (bicyclic) bond motifs is 5. The molecule has 8 rings (SSSR count). The molecule has 0 saturated carbocycles. The van der Waals surface area contributed by atoms with Gasteiger partial charge in [0.05, 0.1) is 0 Å². The maximum absolute atomic E-state index is 6.35. The standard InChI is InChI=1S/C35H23N3O/c1-2-10-23(11-3-1)33-36-34(38-35(37-33)29-16-8-14-22-9-6-7-15-27(22)29)26-17-18-28-30-19-24-12-4-5-13-25(24)20-32(30)39-31(28)21-26/h1-10,12-21,23H,11H2. The van der Waals surface area contributed by atoms with E-state index < -0.39 is 0 Å². The zero-order chi connectivity index (χ0) is 25.8. The Labute approximate surface area is 225 Å². The Kier molecular flexibility index (Phi) is 4.92. The van der Waals surface area contributed by atoms with Crippen molar-refractivity contribution in [1.82, 2.24) is 15.0 Å². The third-order valence-corrected chi connectivity index (χ3v) is 7.59. The van der Waals surface area contributed by atoms with Gasteiger partial charge in [-0.25, -0.2) is 15.0 Å². The van der Waals surface area contributed by atoms with E-state index in [1.54, 1.807) is 0 Å². The van der Waals surface area contributed by atoms with E-state index in [-0.39, 0.29) is 5.92 Å². The number of hydrogen-bond donors (Lipinski definition) is 0. The number of hydrogen-bond acceptors (Lipinski definition) is 4. The van der Waals surface area contributed by atoms with E-state index in [9.17, 15) is 0 Å². The predicted molar refractivity (Wildman–Crippen MR) is 159 cm³/mol. The summed E-state index contributed by atoms with van der Waals surface area (Å²) in [6.07, 6.45) is 9.34. The molecule has 1 atom stereocenters. The number of allylic oxidation sites excluding steroid dienone is 4. The minimum atomic E-state index is 0.104. The van der Waals surface area contributed by atoms with Gasteiger partial charge in [-0.3, -0.25) is 0 Å². The highest BCUT2D eigenvalue weighted by molar-refractivity contribution is 6.10. The molecule has 4 heteroatoms. The lowest BCUT2D eigenvalue weighted by Crippen LogP contribution is -2.08. The molecule has 5 aromatic carbocycles. The van der Waals surface area contributed by atoms with Gasteiger partial charge in [-0.05, 0) is 52.2 Å². The van der Waals surface area contributed by atoms with Crippen molar-refractivity contribution < 1.29 is 4.42 Å². The Morgan fingerprint density at radius 1 is 0.590 bits per heavy atom. The van der Waals surface area contributed by atoms with Crippen molar-refractivity contribution in [1.29, 1.82) is 0 Å². The Hall–Kier alpha value is -5.09. The van der Waals surface area contributed by atoms with Crippen LogP contribution >= 0.6 is 0 Å². The maximum Gasteiger partial charge on any atom is 0.164 e. The first-order chi connectivity index (χ1) is 19.3. The Bertz CT molecular complexity index is 2110. The van der Waals surface area contributed by atoms with E-state index in [2.05, 4.69) is 121 Å². The van der Waals surface area contributed by atoms with E-state index in [1.807, 2.05) is 0 Å². The summed E-state index contributed by atoms with van der Waals surface area (Å²) in [4.78, 5) is 15.0. The van der Waals surface area contributed by atoms with E-state index in [1.165, 1.54) is 10.8 Å². The molecule has 0 fully saturated rings. The molecule has 7 aromatic rings. The first-order valence-electron chi connectivity index (χ1n) is 13.2. The summed E-state index contributed by atoms with van der Waals surface area (Å²) >= 11 is 0. The second kappa shape index (κ2) is 8.74. The fourth-order valence-electron chi connectivity index (χ4n) is 5.60. The minimum absolute atomic E-state index is 0.104. The molecule has 0 radical (unpaired) electrons. The van der Waals surface area contributed by atoms with Gasteiger partial charge in [-0.15, -0.1) is 0 Å². The third-order valence-electron chi connectivity index (χ3n) is 7.59. The molecular formula is C35H23N3O. The molecule has 0 amide bonds. The van der Waals surface area contributed by atoms with E-state index in [0.29, 0.717) is 11.6 Å². The van der Waals surface area contributed by atoms with E-state index in [0.717, 1.165) is 56.1 Å². The molecule has 184 valence electrons. The van der Waals surface area contributed by atoms with Gasteiger partial charge in [0.1, 0.15) is 17.0 Å². The number of furan rings is 1. The van der Waals surface area contributed by atoms with Crippen molar-refractivity contribution >= 4 is 43.5 Å². The molecule has 1 aliphatic rings. The van der Waals surface area contributed by atoms with Crippen molar-refractivity contribution in [3.05, 3.63) is 127 Å². The SMILES string of the molecule is C1=CCC(c2nc(-c3ccc4c(c3)oc3cc5ccccc5cc34)nc(-c3cccc4ccccc34)n2)C=C1. The molecule has 2 heterocycles. The van der Waals surface area contributed by atoms with Crippen LogP contribution in [-0.2, 0) is 0 Å². The van der Waals surface area contributed by atoms with Crippen molar-refractivity contribution in [3.63, 3.8) is 0 Å². The van der Waals surface area contributed by atoms with E-state index >= 15 is 0 Å². The molecule has 4 nitrogen and oxygen atoms in total. The van der Waals surface area contributed by atoms with Crippen LogP contribution in [0.5, 0.6) is 0 Å². The van der Waals surface area contributed by atoms with Crippen LogP contribution < -0.4 is 0 Å². The molecule has 1 aliphatic carbocycles. The van der Waals surface area contributed by atoms with Crippen molar-refractivity contribution in [2.24, 2.45) is 0 Å². The topological polar surface area (TPSA) is 51.8 Å². The van der Waals surface area contributed by atoms with Crippen molar-refractivity contribution in [3.8, 4) is 22.8 Å². The summed E-state index contributed by atoms with van der Waals surface area (Å²) in [5.41, 5.74) is 3.62. The predicted octanol–water partition coefficient (Wildman–Crippen LogP) is 9.01. The van der Waals surface area contributed by atoms with Gasteiger partial charge >= 0.3 is 0 Å². The van der Waals surface area contributed by atoms with E-state index in [4.69, 9.17) is 19.4 Å². The minimum Gasteiger partial charge on any atom is -0.456 e. The van der Waals surface area contributed by atoms with Gasteiger partial charge in [0.2, 0.25) is 0 Å². The van der Waals surface area contributed by atoms with Gasteiger partial charge in [0.15, 0.2) is 11.6 Å². The smallest absolute Gasteiger partial charge is 0.164 e. The lowest BCUT2D eigenvalue weighted by molar-refractivity contribution is 0.669. The second-order valence-corrected chi connectivity index (χ2v) is 10.0.